The van der Waals surface area contributed by atoms with Gasteiger partial charge in [0.15, 0.2) is 11.5 Å². The van der Waals surface area contributed by atoms with Crippen molar-refractivity contribution in [2.75, 3.05) is 25.3 Å². The number of imidazole rings is 1. The number of fused-ring (bicyclic) bond motifs is 1. The summed E-state index contributed by atoms with van der Waals surface area (Å²) >= 11 is 0. The first-order valence-electron chi connectivity index (χ1n) is 6.16. The highest BCUT2D eigenvalue weighted by atomic mass is 16.5. The molecule has 0 saturated carbocycles. The van der Waals surface area contributed by atoms with E-state index in [1.165, 1.54) is 6.33 Å². The number of anilines is 3. The predicted octanol–water partition coefficient (Wildman–Crippen LogP) is 1.70. The van der Waals surface area contributed by atoms with E-state index in [0.29, 0.717) is 28.5 Å². The molecule has 1 aromatic carbocycles. The number of nitrogens with two attached hydrogens (primary N) is 1. The van der Waals surface area contributed by atoms with E-state index in [0.717, 1.165) is 5.69 Å². The first-order valence-corrected chi connectivity index (χ1v) is 6.16. The first kappa shape index (κ1) is 13.0. The molecule has 8 nitrogen and oxygen atoms in total. The second-order valence-electron chi connectivity index (χ2n) is 4.26. The lowest BCUT2D eigenvalue weighted by atomic mass is 10.2. The van der Waals surface area contributed by atoms with Crippen molar-refractivity contribution < 1.29 is 9.47 Å². The Bertz CT molecular complexity index is 763. The molecule has 0 atom stereocenters. The predicted molar refractivity (Wildman–Crippen MR) is 78.9 cm³/mol. The second kappa shape index (κ2) is 5.16. The molecule has 2 aromatic heterocycles. The van der Waals surface area contributed by atoms with Crippen LogP contribution in [0.1, 0.15) is 0 Å². The van der Waals surface area contributed by atoms with E-state index >= 15 is 0 Å². The minimum Gasteiger partial charge on any atom is -0.497 e. The summed E-state index contributed by atoms with van der Waals surface area (Å²) in [6.07, 6.45) is 1.54. The maximum Gasteiger partial charge on any atom is 0.224 e. The number of H-pyrrole nitrogens is 1. The Kier molecular flexibility index (Phi) is 3.19. The number of methoxy groups -OCH3 is 2. The van der Waals surface area contributed by atoms with Crippen LogP contribution in [0.2, 0.25) is 0 Å². The van der Waals surface area contributed by atoms with Gasteiger partial charge in [-0.3, -0.25) is 0 Å². The van der Waals surface area contributed by atoms with Crippen molar-refractivity contribution in [3.8, 4) is 11.5 Å². The van der Waals surface area contributed by atoms with Gasteiger partial charge >= 0.3 is 0 Å². The van der Waals surface area contributed by atoms with Crippen molar-refractivity contribution in [3.05, 3.63) is 24.5 Å². The van der Waals surface area contributed by atoms with Crippen molar-refractivity contribution in [2.24, 2.45) is 0 Å². The zero-order valence-corrected chi connectivity index (χ0v) is 11.5. The molecule has 0 saturated heterocycles. The van der Waals surface area contributed by atoms with Crippen LogP contribution in [0.4, 0.5) is 17.5 Å². The SMILES string of the molecule is COc1cc(Nc2nc(N)nc3nc[nH]c23)cc(OC)c1. The Balaban J connectivity index is 2.03. The average Bonchev–Trinajstić information content (AvgIpc) is 2.95. The van der Waals surface area contributed by atoms with E-state index in [1.807, 2.05) is 12.1 Å². The van der Waals surface area contributed by atoms with Gasteiger partial charge in [-0.1, -0.05) is 0 Å². The van der Waals surface area contributed by atoms with Crippen molar-refractivity contribution in [2.45, 2.75) is 0 Å². The Hall–Kier alpha value is -3.03. The van der Waals surface area contributed by atoms with Crippen LogP contribution in [-0.2, 0) is 0 Å². The molecule has 0 aliphatic heterocycles. The van der Waals surface area contributed by atoms with Crippen molar-refractivity contribution >= 4 is 28.6 Å². The molecule has 21 heavy (non-hydrogen) atoms. The molecule has 0 unspecified atom stereocenters. The number of hydrogen-bond donors (Lipinski definition) is 3. The summed E-state index contributed by atoms with van der Waals surface area (Å²) < 4.78 is 10.5. The molecule has 3 rings (SSSR count). The molecule has 8 heteroatoms. The zero-order valence-electron chi connectivity index (χ0n) is 11.5. The van der Waals surface area contributed by atoms with E-state index in [9.17, 15) is 0 Å². The van der Waals surface area contributed by atoms with E-state index in [-0.39, 0.29) is 5.95 Å². The standard InChI is InChI=1S/C13H14N6O2/c1-20-8-3-7(4-9(5-8)21-2)17-12-10-11(16-6-15-10)18-13(14)19-12/h3-6H,1-2H3,(H4,14,15,16,17,18,19). The smallest absolute Gasteiger partial charge is 0.224 e. The Morgan fingerprint density at radius 2 is 1.81 bits per heavy atom. The van der Waals surface area contributed by atoms with Crippen LogP contribution in [0.3, 0.4) is 0 Å². The molecule has 0 amide bonds. The molecule has 4 N–H and O–H groups in total. The molecule has 0 radical (unpaired) electrons. The van der Waals surface area contributed by atoms with Crippen LogP contribution >= 0.6 is 0 Å². The van der Waals surface area contributed by atoms with Gasteiger partial charge < -0.3 is 25.5 Å². The average molecular weight is 286 g/mol. The van der Waals surface area contributed by atoms with Gasteiger partial charge in [0.05, 0.1) is 20.5 Å². The summed E-state index contributed by atoms with van der Waals surface area (Å²) in [6.45, 7) is 0. The minimum absolute atomic E-state index is 0.145. The third-order valence-corrected chi connectivity index (χ3v) is 2.92. The topological polar surface area (TPSA) is 111 Å². The summed E-state index contributed by atoms with van der Waals surface area (Å²) in [4.78, 5) is 15.3. The van der Waals surface area contributed by atoms with Gasteiger partial charge in [-0.2, -0.15) is 9.97 Å². The van der Waals surface area contributed by atoms with Crippen LogP contribution < -0.4 is 20.5 Å². The van der Waals surface area contributed by atoms with E-state index in [2.05, 4.69) is 25.3 Å². The van der Waals surface area contributed by atoms with Gasteiger partial charge in [0.2, 0.25) is 5.95 Å². The highest BCUT2D eigenvalue weighted by Gasteiger charge is 2.10. The Labute approximate surface area is 120 Å². The largest absolute Gasteiger partial charge is 0.497 e. The number of rotatable bonds is 4. The monoisotopic (exact) mass is 286 g/mol. The summed E-state index contributed by atoms with van der Waals surface area (Å²) in [5.74, 6) is 2.01. The number of nitrogens with zero attached hydrogens (tertiary/aromatic N) is 3. The van der Waals surface area contributed by atoms with Crippen LogP contribution in [0.25, 0.3) is 11.2 Å². The second-order valence-corrected chi connectivity index (χ2v) is 4.26. The van der Waals surface area contributed by atoms with Gasteiger partial charge in [-0.15, -0.1) is 0 Å². The summed E-state index contributed by atoms with van der Waals surface area (Å²) in [5, 5.41) is 3.16. The quantitative estimate of drug-likeness (QED) is 0.669. The van der Waals surface area contributed by atoms with E-state index in [4.69, 9.17) is 15.2 Å². The number of ether oxygens (including phenoxy) is 2. The van der Waals surface area contributed by atoms with Gasteiger partial charge in [0.1, 0.15) is 17.0 Å². The number of nitrogen functional groups attached to an aromatic ring is 1. The normalized spacial score (nSPS) is 10.6. The lowest BCUT2D eigenvalue weighted by Crippen LogP contribution is -2.01. The molecule has 108 valence electrons. The Morgan fingerprint density at radius 1 is 1.10 bits per heavy atom. The lowest BCUT2D eigenvalue weighted by Gasteiger charge is -2.10. The fraction of sp³-hybridized carbons (Fsp3) is 0.154. The fourth-order valence-electron chi connectivity index (χ4n) is 1.96. The maximum absolute atomic E-state index is 5.68. The molecular weight excluding hydrogens is 272 g/mol. The Morgan fingerprint density at radius 3 is 2.48 bits per heavy atom. The molecule has 0 aliphatic carbocycles. The van der Waals surface area contributed by atoms with Crippen LogP contribution in [0, 0.1) is 0 Å². The molecule has 3 aromatic rings. The first-order chi connectivity index (χ1) is 10.2. The molecule has 0 aliphatic rings. The fourth-order valence-corrected chi connectivity index (χ4v) is 1.96. The highest BCUT2D eigenvalue weighted by Crippen LogP contribution is 2.29. The number of nitrogens with one attached hydrogen (secondary N) is 2. The lowest BCUT2D eigenvalue weighted by molar-refractivity contribution is 0.395. The zero-order chi connectivity index (χ0) is 14.8. The maximum atomic E-state index is 5.68. The van der Waals surface area contributed by atoms with Crippen LogP contribution in [0.15, 0.2) is 24.5 Å². The van der Waals surface area contributed by atoms with Gasteiger partial charge in [-0.25, -0.2) is 4.98 Å². The molecule has 2 heterocycles. The van der Waals surface area contributed by atoms with E-state index < -0.39 is 0 Å². The molecule has 0 bridgehead atoms. The van der Waals surface area contributed by atoms with Crippen molar-refractivity contribution in [3.63, 3.8) is 0 Å². The van der Waals surface area contributed by atoms with Crippen molar-refractivity contribution in [1.82, 2.24) is 19.9 Å². The summed E-state index contributed by atoms with van der Waals surface area (Å²) in [7, 11) is 3.18. The molecule has 0 fully saturated rings. The van der Waals surface area contributed by atoms with Crippen LogP contribution in [0.5, 0.6) is 11.5 Å². The van der Waals surface area contributed by atoms with Gasteiger partial charge in [-0.05, 0) is 0 Å². The third-order valence-electron chi connectivity index (χ3n) is 2.92. The molecular formula is C13H14N6O2. The number of benzene rings is 1. The summed E-state index contributed by atoms with van der Waals surface area (Å²) in [6, 6.07) is 5.43. The molecule has 0 spiro atoms. The number of hydrogen-bond acceptors (Lipinski definition) is 7. The van der Waals surface area contributed by atoms with E-state index in [1.54, 1.807) is 20.3 Å². The number of aromatic amines is 1. The van der Waals surface area contributed by atoms with Crippen LogP contribution in [-0.4, -0.2) is 34.2 Å². The highest BCUT2D eigenvalue weighted by molar-refractivity contribution is 5.86. The van der Waals surface area contributed by atoms with Gasteiger partial charge in [0.25, 0.3) is 0 Å². The van der Waals surface area contributed by atoms with Crippen molar-refractivity contribution in [1.29, 1.82) is 0 Å². The summed E-state index contributed by atoms with van der Waals surface area (Å²) in [5.41, 5.74) is 7.61. The van der Waals surface area contributed by atoms with Gasteiger partial charge in [0, 0.05) is 23.9 Å². The third kappa shape index (κ3) is 2.50. The number of aromatic nitrogens is 4. The minimum atomic E-state index is 0.145.